The molecule has 0 radical (unpaired) electrons. The minimum Gasteiger partial charge on any atom is -0.496 e. The largest absolute Gasteiger partial charge is 0.496 e. The third-order valence-electron chi connectivity index (χ3n) is 4.83. The van der Waals surface area contributed by atoms with E-state index in [0.29, 0.717) is 17.4 Å². The number of nitrogens with one attached hydrogen (secondary N) is 2. The number of hydrogen-bond acceptors (Lipinski definition) is 4. The molecule has 0 bridgehead atoms. The summed E-state index contributed by atoms with van der Waals surface area (Å²) in [5, 5.41) is 7.18. The lowest BCUT2D eigenvalue weighted by atomic mass is 9.98. The first-order chi connectivity index (χ1) is 12.7. The fraction of sp³-hybridized carbons (Fsp3) is 0.238. The van der Waals surface area contributed by atoms with Crippen LogP contribution in [0.5, 0.6) is 5.75 Å². The van der Waals surface area contributed by atoms with Crippen molar-refractivity contribution in [3.05, 3.63) is 65.9 Å². The van der Waals surface area contributed by atoms with Crippen LogP contribution in [0.4, 0.5) is 5.69 Å². The van der Waals surface area contributed by atoms with Crippen LogP contribution >= 0.6 is 0 Å². The quantitative estimate of drug-likeness (QED) is 0.757. The van der Waals surface area contributed by atoms with E-state index < -0.39 is 0 Å². The maximum Gasteiger partial charge on any atom is 0.274 e. The number of carbonyl (C=O) groups is 1. The van der Waals surface area contributed by atoms with Gasteiger partial charge < -0.3 is 15.4 Å². The number of hydrogen-bond donors (Lipinski definition) is 2. The standard InChI is InChI=1S/C21H21N3O2/c1-26-20-12-19(24-18-5-3-2-4-17(18)20)21(25)23-16-8-6-14(7-9-16)15-10-11-22-13-15/h2-9,12,15,22H,10-11,13H2,1H3,(H,23,25)/t15-/m0/s1. The van der Waals surface area contributed by atoms with Gasteiger partial charge in [0, 0.05) is 23.7 Å². The summed E-state index contributed by atoms with van der Waals surface area (Å²) in [5.74, 6) is 0.959. The third-order valence-corrected chi connectivity index (χ3v) is 4.83. The molecule has 1 aromatic heterocycles. The van der Waals surface area contributed by atoms with Gasteiger partial charge in [-0.15, -0.1) is 0 Å². The number of fused-ring (bicyclic) bond motifs is 1. The van der Waals surface area contributed by atoms with E-state index in [1.54, 1.807) is 13.2 Å². The highest BCUT2D eigenvalue weighted by Crippen LogP contribution is 2.26. The van der Waals surface area contributed by atoms with Crippen LogP contribution in [0.2, 0.25) is 0 Å². The lowest BCUT2D eigenvalue weighted by Crippen LogP contribution is -2.14. The molecule has 26 heavy (non-hydrogen) atoms. The third kappa shape index (κ3) is 3.26. The second-order valence-electron chi connectivity index (χ2n) is 6.49. The number of carbonyl (C=O) groups excluding carboxylic acids is 1. The second kappa shape index (κ2) is 7.14. The topological polar surface area (TPSA) is 63.2 Å². The SMILES string of the molecule is COc1cc(C(=O)Nc2ccc([C@H]3CCNC3)cc2)nc2ccccc12. The normalized spacial score (nSPS) is 16.6. The molecule has 0 saturated carbocycles. The minimum absolute atomic E-state index is 0.246. The summed E-state index contributed by atoms with van der Waals surface area (Å²) in [6.45, 7) is 2.09. The highest BCUT2D eigenvalue weighted by molar-refractivity contribution is 6.05. The number of aromatic nitrogens is 1. The van der Waals surface area contributed by atoms with Gasteiger partial charge in [0.05, 0.1) is 12.6 Å². The van der Waals surface area contributed by atoms with Gasteiger partial charge in [0.25, 0.3) is 5.91 Å². The molecule has 0 aliphatic carbocycles. The van der Waals surface area contributed by atoms with E-state index in [1.165, 1.54) is 5.56 Å². The van der Waals surface area contributed by atoms with Crippen molar-refractivity contribution in [1.29, 1.82) is 0 Å². The predicted molar refractivity (Wildman–Crippen MR) is 103 cm³/mol. The Morgan fingerprint density at radius 1 is 1.19 bits per heavy atom. The van der Waals surface area contributed by atoms with E-state index in [9.17, 15) is 4.79 Å². The predicted octanol–water partition coefficient (Wildman–Crippen LogP) is 3.57. The summed E-state index contributed by atoms with van der Waals surface area (Å²) in [7, 11) is 1.60. The zero-order valence-corrected chi connectivity index (χ0v) is 14.7. The van der Waals surface area contributed by atoms with Crippen molar-refractivity contribution in [2.75, 3.05) is 25.5 Å². The van der Waals surface area contributed by atoms with E-state index in [4.69, 9.17) is 4.74 Å². The van der Waals surface area contributed by atoms with Crippen molar-refractivity contribution in [2.45, 2.75) is 12.3 Å². The van der Waals surface area contributed by atoms with E-state index in [2.05, 4.69) is 27.8 Å². The molecule has 1 fully saturated rings. The number of anilines is 1. The maximum absolute atomic E-state index is 12.6. The average Bonchev–Trinajstić information content (AvgIpc) is 3.22. The van der Waals surface area contributed by atoms with Crippen molar-refractivity contribution in [1.82, 2.24) is 10.3 Å². The monoisotopic (exact) mass is 347 g/mol. The summed E-state index contributed by atoms with van der Waals surface area (Å²) < 4.78 is 5.42. The Balaban J connectivity index is 1.55. The molecule has 5 heteroatoms. The summed E-state index contributed by atoms with van der Waals surface area (Å²) in [6.07, 6.45) is 1.16. The fourth-order valence-corrected chi connectivity index (χ4v) is 3.40. The first-order valence-electron chi connectivity index (χ1n) is 8.80. The molecule has 2 N–H and O–H groups in total. The molecule has 2 heterocycles. The Kier molecular flexibility index (Phi) is 4.54. The number of pyridine rings is 1. The Morgan fingerprint density at radius 3 is 2.73 bits per heavy atom. The molecule has 3 aromatic rings. The van der Waals surface area contributed by atoms with Crippen LogP contribution in [0.3, 0.4) is 0 Å². The summed E-state index contributed by atoms with van der Waals surface area (Å²) >= 11 is 0. The van der Waals surface area contributed by atoms with Gasteiger partial charge in [-0.1, -0.05) is 24.3 Å². The Morgan fingerprint density at radius 2 is 2.00 bits per heavy atom. The second-order valence-corrected chi connectivity index (χ2v) is 6.49. The number of para-hydroxylation sites is 1. The van der Waals surface area contributed by atoms with E-state index in [-0.39, 0.29) is 5.91 Å². The van der Waals surface area contributed by atoms with Gasteiger partial charge in [-0.25, -0.2) is 4.98 Å². The molecule has 1 saturated heterocycles. The molecule has 132 valence electrons. The Bertz CT molecular complexity index is 932. The Labute approximate surface area is 152 Å². The van der Waals surface area contributed by atoms with Gasteiger partial charge in [-0.2, -0.15) is 0 Å². The number of rotatable bonds is 4. The summed E-state index contributed by atoms with van der Waals surface area (Å²) in [6, 6.07) is 17.4. The van der Waals surface area contributed by atoms with E-state index in [1.807, 2.05) is 36.4 Å². The summed E-state index contributed by atoms with van der Waals surface area (Å²) in [5.41, 5.74) is 3.14. The molecular weight excluding hydrogens is 326 g/mol. The lowest BCUT2D eigenvalue weighted by Gasteiger charge is -2.11. The van der Waals surface area contributed by atoms with Gasteiger partial charge in [-0.3, -0.25) is 4.79 Å². The van der Waals surface area contributed by atoms with Crippen molar-refractivity contribution in [3.8, 4) is 5.75 Å². The van der Waals surface area contributed by atoms with Crippen LogP contribution in [0.15, 0.2) is 54.6 Å². The fourth-order valence-electron chi connectivity index (χ4n) is 3.40. The lowest BCUT2D eigenvalue weighted by molar-refractivity contribution is 0.102. The molecule has 0 spiro atoms. The first kappa shape index (κ1) is 16.5. The molecule has 1 aliphatic heterocycles. The smallest absolute Gasteiger partial charge is 0.274 e. The summed E-state index contributed by atoms with van der Waals surface area (Å²) in [4.78, 5) is 17.1. The molecule has 0 unspecified atom stereocenters. The number of ether oxygens (including phenoxy) is 1. The molecular formula is C21H21N3O2. The molecule has 4 rings (SSSR count). The maximum atomic E-state index is 12.6. The van der Waals surface area contributed by atoms with Crippen molar-refractivity contribution < 1.29 is 9.53 Å². The molecule has 2 aromatic carbocycles. The van der Waals surface area contributed by atoms with Crippen LogP contribution in [-0.2, 0) is 0 Å². The van der Waals surface area contributed by atoms with Crippen LogP contribution in [0.25, 0.3) is 10.9 Å². The number of nitrogens with zero attached hydrogens (tertiary/aromatic N) is 1. The zero-order chi connectivity index (χ0) is 17.9. The van der Waals surface area contributed by atoms with Gasteiger partial charge in [0.15, 0.2) is 0 Å². The molecule has 1 atom stereocenters. The minimum atomic E-state index is -0.246. The van der Waals surface area contributed by atoms with Crippen LogP contribution < -0.4 is 15.4 Å². The van der Waals surface area contributed by atoms with E-state index in [0.717, 1.165) is 36.1 Å². The van der Waals surface area contributed by atoms with Crippen molar-refractivity contribution in [2.24, 2.45) is 0 Å². The number of methoxy groups -OCH3 is 1. The first-order valence-corrected chi connectivity index (χ1v) is 8.80. The molecule has 5 nitrogen and oxygen atoms in total. The van der Waals surface area contributed by atoms with Gasteiger partial charge >= 0.3 is 0 Å². The molecule has 1 aliphatic rings. The number of benzene rings is 2. The van der Waals surface area contributed by atoms with E-state index >= 15 is 0 Å². The van der Waals surface area contributed by atoms with Gasteiger partial charge in [0.1, 0.15) is 11.4 Å². The number of amides is 1. The van der Waals surface area contributed by atoms with Crippen molar-refractivity contribution >= 4 is 22.5 Å². The van der Waals surface area contributed by atoms with Crippen LogP contribution in [0, 0.1) is 0 Å². The van der Waals surface area contributed by atoms with Crippen LogP contribution in [-0.4, -0.2) is 31.1 Å². The van der Waals surface area contributed by atoms with Crippen molar-refractivity contribution in [3.63, 3.8) is 0 Å². The highest BCUT2D eigenvalue weighted by Gasteiger charge is 2.17. The van der Waals surface area contributed by atoms with Gasteiger partial charge in [-0.05, 0) is 48.7 Å². The zero-order valence-electron chi connectivity index (χ0n) is 14.7. The highest BCUT2D eigenvalue weighted by atomic mass is 16.5. The van der Waals surface area contributed by atoms with Crippen LogP contribution in [0.1, 0.15) is 28.4 Å². The van der Waals surface area contributed by atoms with Gasteiger partial charge in [0.2, 0.25) is 0 Å². The molecule has 1 amide bonds. The average molecular weight is 347 g/mol. The Hall–Kier alpha value is -2.92.